The zero-order valence-corrected chi connectivity index (χ0v) is 12.0. The van der Waals surface area contributed by atoms with Crippen LogP contribution in [-0.2, 0) is 0 Å². The Hall–Kier alpha value is -2.05. The number of thiophene rings is 1. The number of hydrogen-bond donors (Lipinski definition) is 2. The highest BCUT2D eigenvalue weighted by Gasteiger charge is 2.12. The minimum absolute atomic E-state index is 0.375. The average molecular weight is 311 g/mol. The number of ether oxygens (including phenoxy) is 1. The maximum absolute atomic E-state index is 11.7. The van der Waals surface area contributed by atoms with E-state index in [1.54, 1.807) is 43.5 Å². The first-order chi connectivity index (χ1) is 9.58. The van der Waals surface area contributed by atoms with Gasteiger partial charge in [-0.05, 0) is 36.4 Å². The molecule has 0 bridgehead atoms. The van der Waals surface area contributed by atoms with Crippen LogP contribution >= 0.6 is 22.9 Å². The van der Waals surface area contributed by atoms with Crippen molar-refractivity contribution < 1.29 is 14.3 Å². The Morgan fingerprint density at radius 1 is 1.15 bits per heavy atom. The molecule has 2 N–H and O–H groups in total. The first-order valence-corrected chi connectivity index (χ1v) is 6.79. The molecule has 0 saturated carbocycles. The third kappa shape index (κ3) is 3.72. The second kappa shape index (κ2) is 6.40. The van der Waals surface area contributed by atoms with E-state index in [9.17, 15) is 9.59 Å². The zero-order valence-electron chi connectivity index (χ0n) is 10.5. The lowest BCUT2D eigenvalue weighted by Gasteiger charge is -2.06. The van der Waals surface area contributed by atoms with Crippen LogP contribution in [0.3, 0.4) is 0 Å². The van der Waals surface area contributed by atoms with Crippen molar-refractivity contribution in [2.24, 2.45) is 0 Å². The standard InChI is InChI=1S/C13H11ClN2O3S/c1-19-9-4-2-8(3-5-9)15-13(18)16-12(17)10-6-7-11(14)20-10/h2-7H,1H3,(H2,15,16,17,18). The van der Waals surface area contributed by atoms with Crippen molar-refractivity contribution in [3.05, 3.63) is 45.6 Å². The Morgan fingerprint density at radius 3 is 2.40 bits per heavy atom. The number of imide groups is 1. The van der Waals surface area contributed by atoms with E-state index < -0.39 is 11.9 Å². The lowest BCUT2D eigenvalue weighted by Crippen LogP contribution is -2.33. The van der Waals surface area contributed by atoms with Crippen LogP contribution in [-0.4, -0.2) is 19.0 Å². The smallest absolute Gasteiger partial charge is 0.326 e. The summed E-state index contributed by atoms with van der Waals surface area (Å²) in [6.45, 7) is 0. The van der Waals surface area contributed by atoms with Crippen LogP contribution in [0.2, 0.25) is 4.34 Å². The Morgan fingerprint density at radius 2 is 1.85 bits per heavy atom. The lowest BCUT2D eigenvalue weighted by molar-refractivity contribution is 0.0971. The van der Waals surface area contributed by atoms with E-state index in [1.165, 1.54) is 0 Å². The first kappa shape index (κ1) is 14.4. The third-order valence-corrected chi connectivity index (χ3v) is 3.60. The predicted molar refractivity (Wildman–Crippen MR) is 78.8 cm³/mol. The SMILES string of the molecule is COc1ccc(NC(=O)NC(=O)c2ccc(Cl)s2)cc1. The van der Waals surface area contributed by atoms with E-state index in [2.05, 4.69) is 10.6 Å². The van der Waals surface area contributed by atoms with Crippen LogP contribution in [0.15, 0.2) is 36.4 Å². The molecule has 0 aliphatic carbocycles. The molecule has 2 aromatic rings. The van der Waals surface area contributed by atoms with Gasteiger partial charge in [-0.25, -0.2) is 4.79 Å². The fourth-order valence-electron chi connectivity index (χ4n) is 1.44. The molecule has 0 atom stereocenters. The van der Waals surface area contributed by atoms with E-state index in [4.69, 9.17) is 16.3 Å². The molecule has 0 fully saturated rings. The molecule has 3 amide bonds. The molecule has 0 radical (unpaired) electrons. The number of hydrogen-bond acceptors (Lipinski definition) is 4. The summed E-state index contributed by atoms with van der Waals surface area (Å²) in [5.74, 6) is 0.188. The molecule has 7 heteroatoms. The molecule has 2 rings (SSSR count). The highest BCUT2D eigenvalue weighted by Crippen LogP contribution is 2.21. The minimum atomic E-state index is -0.607. The molecule has 20 heavy (non-hydrogen) atoms. The summed E-state index contributed by atoms with van der Waals surface area (Å²) in [7, 11) is 1.56. The summed E-state index contributed by atoms with van der Waals surface area (Å²) in [6.07, 6.45) is 0. The van der Waals surface area contributed by atoms with Crippen LogP contribution < -0.4 is 15.4 Å². The number of benzene rings is 1. The van der Waals surface area contributed by atoms with Gasteiger partial charge in [0.1, 0.15) is 5.75 Å². The predicted octanol–water partition coefficient (Wildman–Crippen LogP) is 3.37. The first-order valence-electron chi connectivity index (χ1n) is 5.60. The normalized spacial score (nSPS) is 9.90. The molecular weight excluding hydrogens is 300 g/mol. The maximum atomic E-state index is 11.7. The van der Waals surface area contributed by atoms with Crippen molar-refractivity contribution in [1.29, 1.82) is 0 Å². The monoisotopic (exact) mass is 310 g/mol. The second-order valence-electron chi connectivity index (χ2n) is 3.74. The fraction of sp³-hybridized carbons (Fsp3) is 0.0769. The van der Waals surface area contributed by atoms with Crippen molar-refractivity contribution in [1.82, 2.24) is 5.32 Å². The number of amides is 3. The Labute approximate surface area is 124 Å². The second-order valence-corrected chi connectivity index (χ2v) is 5.46. The number of halogens is 1. The number of methoxy groups -OCH3 is 1. The van der Waals surface area contributed by atoms with Gasteiger partial charge in [-0.15, -0.1) is 11.3 Å². The topological polar surface area (TPSA) is 67.4 Å². The van der Waals surface area contributed by atoms with Crippen LogP contribution in [0.5, 0.6) is 5.75 Å². The van der Waals surface area contributed by atoms with Crippen LogP contribution in [0, 0.1) is 0 Å². The van der Waals surface area contributed by atoms with Gasteiger partial charge >= 0.3 is 6.03 Å². The third-order valence-electron chi connectivity index (χ3n) is 2.37. The van der Waals surface area contributed by atoms with E-state index in [0.717, 1.165) is 11.3 Å². The molecule has 0 aliphatic heterocycles. The quantitative estimate of drug-likeness (QED) is 0.913. The number of anilines is 1. The lowest BCUT2D eigenvalue weighted by atomic mass is 10.3. The molecule has 1 aromatic heterocycles. The van der Waals surface area contributed by atoms with Gasteiger partial charge in [-0.1, -0.05) is 11.6 Å². The number of rotatable bonds is 3. The molecule has 0 spiro atoms. The number of carbonyl (C=O) groups excluding carboxylic acids is 2. The summed E-state index contributed by atoms with van der Waals surface area (Å²) in [6, 6.07) is 9.30. The van der Waals surface area contributed by atoms with Gasteiger partial charge in [0.15, 0.2) is 0 Å². The van der Waals surface area contributed by atoms with Crippen LogP contribution in [0.25, 0.3) is 0 Å². The molecule has 1 heterocycles. The van der Waals surface area contributed by atoms with E-state index in [0.29, 0.717) is 20.7 Å². The molecule has 0 aliphatic rings. The van der Waals surface area contributed by atoms with Crippen LogP contribution in [0.4, 0.5) is 10.5 Å². The van der Waals surface area contributed by atoms with Crippen molar-refractivity contribution >= 4 is 40.6 Å². The van der Waals surface area contributed by atoms with E-state index in [1.807, 2.05) is 0 Å². The van der Waals surface area contributed by atoms with Crippen LogP contribution in [0.1, 0.15) is 9.67 Å². The van der Waals surface area contributed by atoms with Crippen molar-refractivity contribution in [3.63, 3.8) is 0 Å². The number of urea groups is 1. The summed E-state index contributed by atoms with van der Waals surface area (Å²) < 4.78 is 5.50. The molecule has 1 aromatic carbocycles. The molecule has 0 saturated heterocycles. The molecule has 5 nitrogen and oxygen atoms in total. The minimum Gasteiger partial charge on any atom is -0.497 e. The summed E-state index contributed by atoms with van der Waals surface area (Å²) in [5, 5.41) is 4.76. The van der Waals surface area contributed by atoms with Gasteiger partial charge in [-0.2, -0.15) is 0 Å². The Kier molecular flexibility index (Phi) is 4.60. The van der Waals surface area contributed by atoms with Crippen molar-refractivity contribution in [2.75, 3.05) is 12.4 Å². The summed E-state index contributed by atoms with van der Waals surface area (Å²) in [5.41, 5.74) is 0.556. The highest BCUT2D eigenvalue weighted by molar-refractivity contribution is 7.18. The number of nitrogens with one attached hydrogen (secondary N) is 2. The summed E-state index contributed by atoms with van der Waals surface area (Å²) >= 11 is 6.83. The Bertz CT molecular complexity index is 625. The van der Waals surface area contributed by atoms with Gasteiger partial charge in [0.25, 0.3) is 5.91 Å². The maximum Gasteiger partial charge on any atom is 0.326 e. The van der Waals surface area contributed by atoms with E-state index in [-0.39, 0.29) is 0 Å². The highest BCUT2D eigenvalue weighted by atomic mass is 35.5. The van der Waals surface area contributed by atoms with Gasteiger partial charge in [0.05, 0.1) is 16.3 Å². The van der Waals surface area contributed by atoms with E-state index >= 15 is 0 Å². The largest absolute Gasteiger partial charge is 0.497 e. The van der Waals surface area contributed by atoms with Gasteiger partial charge in [0.2, 0.25) is 0 Å². The molecule has 104 valence electrons. The molecule has 0 unspecified atom stereocenters. The van der Waals surface area contributed by atoms with Gasteiger partial charge in [0, 0.05) is 5.69 Å². The Balaban J connectivity index is 1.93. The summed E-state index contributed by atoms with van der Waals surface area (Å²) in [4.78, 5) is 23.7. The van der Waals surface area contributed by atoms with Crippen molar-refractivity contribution in [2.45, 2.75) is 0 Å². The fourth-order valence-corrected chi connectivity index (χ4v) is 2.38. The van der Waals surface area contributed by atoms with Gasteiger partial charge < -0.3 is 10.1 Å². The average Bonchev–Trinajstić information content (AvgIpc) is 2.86. The molecular formula is C13H11ClN2O3S. The van der Waals surface area contributed by atoms with Crippen molar-refractivity contribution in [3.8, 4) is 5.75 Å². The zero-order chi connectivity index (χ0) is 14.5. The number of carbonyl (C=O) groups is 2. The van der Waals surface area contributed by atoms with Gasteiger partial charge in [-0.3, -0.25) is 10.1 Å².